The number of rotatable bonds is 7. The summed E-state index contributed by atoms with van der Waals surface area (Å²) in [7, 11) is 3.27. The molecule has 0 saturated carbocycles. The molecule has 0 unspecified atom stereocenters. The molecule has 136 valence electrons. The van der Waals surface area contributed by atoms with Gasteiger partial charge in [-0.2, -0.15) is 0 Å². The topological polar surface area (TPSA) is 62.8 Å². The van der Waals surface area contributed by atoms with Crippen LogP contribution >= 0.6 is 11.6 Å². The van der Waals surface area contributed by atoms with Crippen LogP contribution < -0.4 is 19.7 Å². The summed E-state index contributed by atoms with van der Waals surface area (Å²) in [6.45, 7) is 5.79. The van der Waals surface area contributed by atoms with Gasteiger partial charge in [-0.05, 0) is 6.07 Å². The SMILES string of the molecule is COc1cc2ncnc(N3CCN(CCNCCl)CC3)c2cc1OC. The van der Waals surface area contributed by atoms with Crippen LogP contribution in [-0.4, -0.2) is 74.4 Å². The van der Waals surface area contributed by atoms with Gasteiger partial charge < -0.3 is 19.7 Å². The van der Waals surface area contributed by atoms with E-state index >= 15 is 0 Å². The molecule has 1 aromatic heterocycles. The number of hydrogen-bond donors (Lipinski definition) is 1. The van der Waals surface area contributed by atoms with Crippen LogP contribution in [0.2, 0.25) is 0 Å². The Morgan fingerprint density at radius 2 is 1.80 bits per heavy atom. The Morgan fingerprint density at radius 3 is 2.48 bits per heavy atom. The van der Waals surface area contributed by atoms with E-state index in [-0.39, 0.29) is 0 Å². The average molecular weight is 366 g/mol. The van der Waals surface area contributed by atoms with Crippen molar-refractivity contribution in [3.05, 3.63) is 18.5 Å². The molecule has 8 heteroatoms. The molecule has 0 amide bonds. The van der Waals surface area contributed by atoms with Crippen LogP contribution in [0.25, 0.3) is 10.9 Å². The van der Waals surface area contributed by atoms with Crippen molar-refractivity contribution in [1.29, 1.82) is 0 Å². The van der Waals surface area contributed by atoms with E-state index in [4.69, 9.17) is 21.1 Å². The second kappa shape index (κ2) is 8.51. The molecular weight excluding hydrogens is 342 g/mol. The maximum atomic E-state index is 5.65. The molecule has 1 N–H and O–H groups in total. The molecule has 1 aliphatic rings. The maximum absolute atomic E-state index is 5.65. The Bertz CT molecular complexity index is 707. The standard InChI is InChI=1S/C17H24ClN5O2/c1-24-15-9-13-14(10-16(15)25-2)20-12-21-17(13)23-7-5-22(6-8-23)4-3-19-11-18/h9-10,12,19H,3-8,11H2,1-2H3. The fraction of sp³-hybridized carbons (Fsp3) is 0.529. The van der Waals surface area contributed by atoms with Gasteiger partial charge in [-0.1, -0.05) is 0 Å². The van der Waals surface area contributed by atoms with Crippen LogP contribution in [0.4, 0.5) is 5.82 Å². The van der Waals surface area contributed by atoms with Crippen molar-refractivity contribution in [3.8, 4) is 11.5 Å². The maximum Gasteiger partial charge on any atom is 0.162 e. The third-order valence-electron chi connectivity index (χ3n) is 4.49. The Hall–Kier alpha value is -1.83. The first-order valence-corrected chi connectivity index (χ1v) is 8.91. The predicted octanol–water partition coefficient (Wildman–Crippen LogP) is 1.55. The number of methoxy groups -OCH3 is 2. The second-order valence-electron chi connectivity index (χ2n) is 5.88. The van der Waals surface area contributed by atoms with Gasteiger partial charge in [-0.15, -0.1) is 11.6 Å². The van der Waals surface area contributed by atoms with Crippen LogP contribution in [-0.2, 0) is 0 Å². The zero-order valence-corrected chi connectivity index (χ0v) is 15.4. The van der Waals surface area contributed by atoms with E-state index in [1.165, 1.54) is 0 Å². The van der Waals surface area contributed by atoms with Gasteiger partial charge in [0.2, 0.25) is 0 Å². The number of halogens is 1. The molecule has 3 rings (SSSR count). The monoisotopic (exact) mass is 365 g/mol. The van der Waals surface area contributed by atoms with E-state index in [1.807, 2.05) is 12.1 Å². The van der Waals surface area contributed by atoms with Gasteiger partial charge in [0.15, 0.2) is 11.5 Å². The molecule has 0 spiro atoms. The lowest BCUT2D eigenvalue weighted by Gasteiger charge is -2.35. The van der Waals surface area contributed by atoms with Gasteiger partial charge in [0.25, 0.3) is 0 Å². The zero-order chi connectivity index (χ0) is 17.6. The van der Waals surface area contributed by atoms with Crippen molar-refractivity contribution in [2.75, 3.05) is 64.4 Å². The van der Waals surface area contributed by atoms with Gasteiger partial charge in [0, 0.05) is 50.7 Å². The molecule has 1 saturated heterocycles. The van der Waals surface area contributed by atoms with Crippen LogP contribution in [0.15, 0.2) is 18.5 Å². The lowest BCUT2D eigenvalue weighted by Crippen LogP contribution is -2.48. The smallest absolute Gasteiger partial charge is 0.162 e. The highest BCUT2D eigenvalue weighted by Gasteiger charge is 2.20. The van der Waals surface area contributed by atoms with Crippen molar-refractivity contribution >= 4 is 28.3 Å². The molecule has 0 atom stereocenters. The molecule has 1 aliphatic heterocycles. The first-order chi connectivity index (χ1) is 12.3. The normalized spacial score (nSPS) is 15.6. The summed E-state index contributed by atoms with van der Waals surface area (Å²) in [6.07, 6.45) is 1.61. The highest BCUT2D eigenvalue weighted by atomic mass is 35.5. The van der Waals surface area contributed by atoms with Crippen LogP contribution in [0.3, 0.4) is 0 Å². The van der Waals surface area contributed by atoms with Gasteiger partial charge in [0.1, 0.15) is 12.1 Å². The summed E-state index contributed by atoms with van der Waals surface area (Å²) in [5.41, 5.74) is 0.858. The molecule has 2 heterocycles. The lowest BCUT2D eigenvalue weighted by molar-refractivity contribution is 0.259. The first-order valence-electron chi connectivity index (χ1n) is 8.37. The Kier molecular flexibility index (Phi) is 6.12. The Morgan fingerprint density at radius 1 is 1.08 bits per heavy atom. The first kappa shape index (κ1) is 18.0. The fourth-order valence-corrected chi connectivity index (χ4v) is 3.24. The van der Waals surface area contributed by atoms with Crippen LogP contribution in [0, 0.1) is 0 Å². The summed E-state index contributed by atoms with van der Waals surface area (Å²) in [5, 5.41) is 4.13. The van der Waals surface area contributed by atoms with Crippen molar-refractivity contribution in [1.82, 2.24) is 20.2 Å². The number of hydrogen-bond acceptors (Lipinski definition) is 7. The van der Waals surface area contributed by atoms with E-state index in [9.17, 15) is 0 Å². The Labute approximate surface area is 152 Å². The number of aromatic nitrogens is 2. The van der Waals surface area contributed by atoms with Crippen molar-refractivity contribution < 1.29 is 9.47 Å². The fourth-order valence-electron chi connectivity index (χ4n) is 3.11. The third-order valence-corrected chi connectivity index (χ3v) is 4.68. The minimum Gasteiger partial charge on any atom is -0.493 e. The number of anilines is 1. The van der Waals surface area contributed by atoms with E-state index < -0.39 is 0 Å². The van der Waals surface area contributed by atoms with Crippen LogP contribution in [0.5, 0.6) is 11.5 Å². The molecule has 7 nitrogen and oxygen atoms in total. The largest absolute Gasteiger partial charge is 0.493 e. The molecule has 1 fully saturated rings. The summed E-state index contributed by atoms with van der Waals surface area (Å²) in [4.78, 5) is 13.7. The highest BCUT2D eigenvalue weighted by molar-refractivity contribution is 6.17. The summed E-state index contributed by atoms with van der Waals surface area (Å²) < 4.78 is 10.8. The minimum atomic E-state index is 0.498. The minimum absolute atomic E-state index is 0.498. The van der Waals surface area contributed by atoms with E-state index in [0.29, 0.717) is 17.5 Å². The number of nitrogens with zero attached hydrogens (tertiary/aromatic N) is 4. The Balaban J connectivity index is 1.78. The quantitative estimate of drug-likeness (QED) is 0.454. The van der Waals surface area contributed by atoms with E-state index in [2.05, 4.69) is 25.1 Å². The van der Waals surface area contributed by atoms with Gasteiger partial charge in [0.05, 0.1) is 25.7 Å². The van der Waals surface area contributed by atoms with Gasteiger partial charge >= 0.3 is 0 Å². The van der Waals surface area contributed by atoms with Crippen molar-refractivity contribution in [2.45, 2.75) is 0 Å². The number of piperazine rings is 1. The molecule has 25 heavy (non-hydrogen) atoms. The van der Waals surface area contributed by atoms with Crippen LogP contribution in [0.1, 0.15) is 0 Å². The number of benzene rings is 1. The highest BCUT2D eigenvalue weighted by Crippen LogP contribution is 2.34. The molecule has 1 aromatic carbocycles. The van der Waals surface area contributed by atoms with Gasteiger partial charge in [-0.3, -0.25) is 4.90 Å². The summed E-state index contributed by atoms with van der Waals surface area (Å²) in [6, 6.07) is 4.35. The molecule has 0 bridgehead atoms. The molecule has 2 aromatic rings. The third kappa shape index (κ3) is 4.05. The number of nitrogens with one attached hydrogen (secondary N) is 1. The second-order valence-corrected chi connectivity index (χ2v) is 6.15. The van der Waals surface area contributed by atoms with Crippen molar-refractivity contribution in [2.24, 2.45) is 0 Å². The van der Waals surface area contributed by atoms with E-state index in [0.717, 1.165) is 56.0 Å². The van der Waals surface area contributed by atoms with Gasteiger partial charge in [-0.25, -0.2) is 9.97 Å². The molecule has 0 aliphatic carbocycles. The lowest BCUT2D eigenvalue weighted by atomic mass is 10.2. The molecule has 0 radical (unpaired) electrons. The van der Waals surface area contributed by atoms with Crippen molar-refractivity contribution in [3.63, 3.8) is 0 Å². The summed E-state index contributed by atoms with van der Waals surface area (Å²) in [5.74, 6) is 2.32. The zero-order valence-electron chi connectivity index (χ0n) is 14.7. The summed E-state index contributed by atoms with van der Waals surface area (Å²) >= 11 is 5.65. The number of ether oxygens (including phenoxy) is 2. The number of fused-ring (bicyclic) bond motifs is 1. The molecular formula is C17H24ClN5O2. The predicted molar refractivity (Wildman–Crippen MR) is 100 cm³/mol. The number of alkyl halides is 1. The van der Waals surface area contributed by atoms with E-state index in [1.54, 1.807) is 20.5 Å². The average Bonchev–Trinajstić information content (AvgIpc) is 2.67.